The molecule has 0 amide bonds. The van der Waals surface area contributed by atoms with Crippen molar-refractivity contribution < 1.29 is 13.2 Å². The molecule has 1 N–H and O–H groups in total. The number of anilines is 1. The summed E-state index contributed by atoms with van der Waals surface area (Å²) in [6.07, 6.45) is -1.13. The van der Waals surface area contributed by atoms with Crippen LogP contribution in [0.5, 0.6) is 0 Å². The lowest BCUT2D eigenvalue weighted by atomic mass is 9.85. The average Bonchev–Trinajstić information content (AvgIpc) is 2.26. The molecule has 18 heavy (non-hydrogen) atoms. The molecule has 0 heterocycles. The summed E-state index contributed by atoms with van der Waals surface area (Å²) in [5.41, 5.74) is -0.675. The summed E-state index contributed by atoms with van der Waals surface area (Å²) < 4.78 is 38.5. The highest BCUT2D eigenvalue weighted by Gasteiger charge is 2.34. The van der Waals surface area contributed by atoms with Gasteiger partial charge in [0.15, 0.2) is 0 Å². The maximum atomic E-state index is 12.8. The number of nitrogens with one attached hydrogen (secondary N) is 1. The highest BCUT2D eigenvalue weighted by Crippen LogP contribution is 2.36. The van der Waals surface area contributed by atoms with Crippen LogP contribution >= 0.6 is 0 Å². The molecule has 0 bridgehead atoms. The number of rotatable bonds is 3. The van der Waals surface area contributed by atoms with Gasteiger partial charge in [0.1, 0.15) is 0 Å². The number of hydrogen-bond acceptors (Lipinski definition) is 2. The van der Waals surface area contributed by atoms with E-state index in [2.05, 4.69) is 5.32 Å². The Morgan fingerprint density at radius 2 is 2.06 bits per heavy atom. The third-order valence-corrected chi connectivity index (χ3v) is 3.26. The smallest absolute Gasteiger partial charge is 0.384 e. The first-order valence-electron chi connectivity index (χ1n) is 5.86. The van der Waals surface area contributed by atoms with Gasteiger partial charge >= 0.3 is 6.18 Å². The molecular formula is C13H13F3N2. The molecule has 1 fully saturated rings. The van der Waals surface area contributed by atoms with Crippen LogP contribution in [-0.2, 0) is 6.18 Å². The van der Waals surface area contributed by atoms with Gasteiger partial charge in [-0.1, -0.05) is 6.42 Å². The molecule has 0 unspecified atom stereocenters. The van der Waals surface area contributed by atoms with E-state index in [-0.39, 0.29) is 11.3 Å². The lowest BCUT2D eigenvalue weighted by Crippen LogP contribution is -2.22. The first kappa shape index (κ1) is 12.7. The SMILES string of the molecule is N#Cc1ccc(NCC2CCC2)c(C(F)(F)F)c1. The maximum Gasteiger partial charge on any atom is 0.418 e. The van der Waals surface area contributed by atoms with Crippen molar-refractivity contribution in [1.82, 2.24) is 0 Å². The summed E-state index contributed by atoms with van der Waals surface area (Å²) in [5.74, 6) is 0.474. The van der Waals surface area contributed by atoms with Gasteiger partial charge in [0, 0.05) is 12.2 Å². The largest absolute Gasteiger partial charge is 0.418 e. The second-order valence-corrected chi connectivity index (χ2v) is 4.55. The second-order valence-electron chi connectivity index (χ2n) is 4.55. The van der Waals surface area contributed by atoms with Gasteiger partial charge in [-0.25, -0.2) is 0 Å². The van der Waals surface area contributed by atoms with Crippen molar-refractivity contribution >= 4 is 5.69 Å². The van der Waals surface area contributed by atoms with Crippen LogP contribution in [0.4, 0.5) is 18.9 Å². The van der Waals surface area contributed by atoms with Crippen molar-refractivity contribution in [3.05, 3.63) is 29.3 Å². The van der Waals surface area contributed by atoms with Crippen LogP contribution in [0.25, 0.3) is 0 Å². The van der Waals surface area contributed by atoms with Gasteiger partial charge in [-0.15, -0.1) is 0 Å². The molecule has 1 saturated carbocycles. The highest BCUT2D eigenvalue weighted by molar-refractivity contribution is 5.56. The molecule has 2 nitrogen and oxygen atoms in total. The topological polar surface area (TPSA) is 35.8 Å². The molecule has 2 rings (SSSR count). The Morgan fingerprint density at radius 3 is 2.56 bits per heavy atom. The molecule has 5 heteroatoms. The molecule has 1 aromatic rings. The maximum absolute atomic E-state index is 12.8. The van der Waals surface area contributed by atoms with Crippen LogP contribution in [-0.4, -0.2) is 6.54 Å². The normalized spacial score (nSPS) is 15.9. The van der Waals surface area contributed by atoms with Crippen molar-refractivity contribution in [2.24, 2.45) is 5.92 Å². The van der Waals surface area contributed by atoms with E-state index in [0.717, 1.165) is 25.3 Å². The molecule has 1 aromatic carbocycles. The van der Waals surface area contributed by atoms with E-state index in [1.807, 2.05) is 0 Å². The van der Waals surface area contributed by atoms with E-state index in [1.54, 1.807) is 6.07 Å². The zero-order valence-corrected chi connectivity index (χ0v) is 9.72. The van der Waals surface area contributed by atoms with Crippen LogP contribution in [0.15, 0.2) is 18.2 Å². The molecule has 0 saturated heterocycles. The van der Waals surface area contributed by atoms with Crippen LogP contribution < -0.4 is 5.32 Å². The lowest BCUT2D eigenvalue weighted by Gasteiger charge is -2.26. The molecular weight excluding hydrogens is 241 g/mol. The third-order valence-electron chi connectivity index (χ3n) is 3.26. The van der Waals surface area contributed by atoms with Crippen LogP contribution in [0.1, 0.15) is 30.4 Å². The number of benzene rings is 1. The standard InChI is InChI=1S/C13H13F3N2/c14-13(15,16)11-6-10(7-17)4-5-12(11)18-8-9-2-1-3-9/h4-6,9,18H,1-3,8H2. The van der Waals surface area contributed by atoms with Crippen molar-refractivity contribution in [1.29, 1.82) is 5.26 Å². The number of hydrogen-bond donors (Lipinski definition) is 1. The minimum atomic E-state index is -4.44. The molecule has 1 aliphatic rings. The first-order chi connectivity index (χ1) is 8.50. The molecule has 0 aliphatic heterocycles. The molecule has 1 aliphatic carbocycles. The first-order valence-corrected chi connectivity index (χ1v) is 5.86. The fraction of sp³-hybridized carbons (Fsp3) is 0.462. The molecule has 96 valence electrons. The van der Waals surface area contributed by atoms with Gasteiger partial charge in [0.25, 0.3) is 0 Å². The Balaban J connectivity index is 2.19. The highest BCUT2D eigenvalue weighted by atomic mass is 19.4. The number of nitrogens with zero attached hydrogens (tertiary/aromatic N) is 1. The number of alkyl halides is 3. The summed E-state index contributed by atoms with van der Waals surface area (Å²) in [7, 11) is 0. The molecule has 0 atom stereocenters. The zero-order chi connectivity index (χ0) is 13.2. The van der Waals surface area contributed by atoms with E-state index >= 15 is 0 Å². The summed E-state index contributed by atoms with van der Waals surface area (Å²) >= 11 is 0. The van der Waals surface area contributed by atoms with Crippen LogP contribution in [0.2, 0.25) is 0 Å². The summed E-state index contributed by atoms with van der Waals surface area (Å²) in [6, 6.07) is 5.35. The summed E-state index contributed by atoms with van der Waals surface area (Å²) in [6.45, 7) is 0.564. The van der Waals surface area contributed by atoms with E-state index < -0.39 is 11.7 Å². The van der Waals surface area contributed by atoms with E-state index in [4.69, 9.17) is 5.26 Å². The zero-order valence-electron chi connectivity index (χ0n) is 9.72. The summed E-state index contributed by atoms with van der Waals surface area (Å²) in [5, 5.41) is 11.5. The van der Waals surface area contributed by atoms with E-state index in [0.29, 0.717) is 12.5 Å². The molecule has 0 radical (unpaired) electrons. The van der Waals surface area contributed by atoms with Gasteiger partial charge in [-0.05, 0) is 37.0 Å². The second kappa shape index (κ2) is 4.89. The number of nitriles is 1. The molecule has 0 aromatic heterocycles. The summed E-state index contributed by atoms with van der Waals surface area (Å²) in [4.78, 5) is 0. The van der Waals surface area contributed by atoms with Crippen molar-refractivity contribution in [3.63, 3.8) is 0 Å². The van der Waals surface area contributed by atoms with Crippen molar-refractivity contribution in [3.8, 4) is 6.07 Å². The van der Waals surface area contributed by atoms with Gasteiger partial charge in [-0.2, -0.15) is 18.4 Å². The Kier molecular flexibility index (Phi) is 3.46. The van der Waals surface area contributed by atoms with Gasteiger partial charge in [-0.3, -0.25) is 0 Å². The lowest BCUT2D eigenvalue weighted by molar-refractivity contribution is -0.137. The predicted octanol–water partition coefficient (Wildman–Crippen LogP) is 3.79. The van der Waals surface area contributed by atoms with Gasteiger partial charge < -0.3 is 5.32 Å². The monoisotopic (exact) mass is 254 g/mol. The Morgan fingerprint density at radius 1 is 1.33 bits per heavy atom. The van der Waals surface area contributed by atoms with Crippen molar-refractivity contribution in [2.45, 2.75) is 25.4 Å². The predicted molar refractivity (Wildman–Crippen MR) is 62.0 cm³/mol. The fourth-order valence-corrected chi connectivity index (χ4v) is 1.95. The van der Waals surface area contributed by atoms with Crippen LogP contribution in [0, 0.1) is 17.2 Å². The van der Waals surface area contributed by atoms with Crippen LogP contribution in [0.3, 0.4) is 0 Å². The van der Waals surface area contributed by atoms with Gasteiger partial charge in [0.2, 0.25) is 0 Å². The Labute approximate surface area is 103 Å². The average molecular weight is 254 g/mol. The Bertz CT molecular complexity index is 470. The molecule has 0 spiro atoms. The van der Waals surface area contributed by atoms with E-state index in [1.165, 1.54) is 12.1 Å². The minimum absolute atomic E-state index is 0.0246. The fourth-order valence-electron chi connectivity index (χ4n) is 1.95. The number of halogens is 3. The quantitative estimate of drug-likeness (QED) is 0.890. The third kappa shape index (κ3) is 2.76. The minimum Gasteiger partial charge on any atom is -0.384 e. The van der Waals surface area contributed by atoms with Gasteiger partial charge in [0.05, 0.1) is 17.2 Å². The van der Waals surface area contributed by atoms with E-state index in [9.17, 15) is 13.2 Å². The van der Waals surface area contributed by atoms with Crippen molar-refractivity contribution in [2.75, 3.05) is 11.9 Å². The Hall–Kier alpha value is -1.70.